The van der Waals surface area contributed by atoms with Crippen LogP contribution in [0.1, 0.15) is 34.9 Å². The Morgan fingerprint density at radius 2 is 1.44 bits per heavy atom. The molecule has 0 aromatic heterocycles. The van der Waals surface area contributed by atoms with Crippen molar-refractivity contribution in [2.24, 2.45) is 0 Å². The highest BCUT2D eigenvalue weighted by molar-refractivity contribution is 5.44. The molecule has 0 nitrogen and oxygen atoms in total. The van der Waals surface area contributed by atoms with E-state index in [2.05, 4.69) is 61.5 Å². The van der Waals surface area contributed by atoms with Gasteiger partial charge in [-0.1, -0.05) is 54.6 Å². The number of benzene rings is 2. The van der Waals surface area contributed by atoms with Crippen molar-refractivity contribution in [3.63, 3.8) is 0 Å². The third-order valence-corrected chi connectivity index (χ3v) is 3.53. The molecule has 0 saturated carbocycles. The summed E-state index contributed by atoms with van der Waals surface area (Å²) in [6.07, 6.45) is 1.14. The van der Waals surface area contributed by atoms with Crippen LogP contribution < -0.4 is 0 Å². The largest absolute Gasteiger partial charge is 0.0622 e. The van der Waals surface area contributed by atoms with Crippen LogP contribution >= 0.6 is 0 Å². The first kappa shape index (κ1) is 9.65. The van der Waals surface area contributed by atoms with E-state index in [0.29, 0.717) is 11.8 Å². The molecule has 0 saturated heterocycles. The molecule has 0 aliphatic heterocycles. The molecule has 2 aromatic carbocycles. The summed E-state index contributed by atoms with van der Waals surface area (Å²) in [5.41, 5.74) is 4.31. The molecule has 1 aliphatic carbocycles. The molecule has 2 atom stereocenters. The van der Waals surface area contributed by atoms with Crippen LogP contribution in [0.2, 0.25) is 0 Å². The fraction of sp³-hybridized carbons (Fsp3) is 0.188. The molecule has 2 unspecified atom stereocenters. The van der Waals surface area contributed by atoms with Crippen LogP contribution in [-0.2, 0) is 0 Å². The maximum absolute atomic E-state index is 4.25. The average Bonchev–Trinajstić information content (AvgIpc) is 2.69. The Labute approximate surface area is 96.9 Å². The Bertz CT molecular complexity index is 484. The van der Waals surface area contributed by atoms with E-state index in [9.17, 15) is 0 Å². The average molecular weight is 207 g/mol. The quantitative estimate of drug-likeness (QED) is 0.659. The van der Waals surface area contributed by atoms with Crippen molar-refractivity contribution >= 4 is 0 Å². The summed E-state index contributed by atoms with van der Waals surface area (Å²) >= 11 is 0. The van der Waals surface area contributed by atoms with Crippen LogP contribution in [0.15, 0.2) is 54.6 Å². The van der Waals surface area contributed by atoms with Crippen molar-refractivity contribution in [2.45, 2.75) is 18.3 Å². The van der Waals surface area contributed by atoms with Crippen LogP contribution in [0.4, 0.5) is 0 Å². The van der Waals surface area contributed by atoms with E-state index in [0.717, 1.165) is 6.42 Å². The van der Waals surface area contributed by atoms with E-state index in [1.807, 2.05) is 0 Å². The molecule has 0 fully saturated rings. The number of fused-ring (bicyclic) bond motifs is 1. The lowest BCUT2D eigenvalue weighted by atomic mass is 9.93. The first-order chi connectivity index (χ1) is 7.86. The van der Waals surface area contributed by atoms with Gasteiger partial charge in [0.2, 0.25) is 0 Å². The van der Waals surface area contributed by atoms with Crippen LogP contribution in [0.5, 0.6) is 0 Å². The summed E-state index contributed by atoms with van der Waals surface area (Å²) in [4.78, 5) is 0. The van der Waals surface area contributed by atoms with E-state index in [1.165, 1.54) is 16.7 Å². The lowest BCUT2D eigenvalue weighted by Crippen LogP contribution is -1.95. The standard InChI is InChI=1S/C16H15/c1-12-11-16(13-7-3-2-4-8-13)15-10-6-5-9-14(12)15/h2-10,12,16H,1,11H2. The zero-order chi connectivity index (χ0) is 11.0. The Balaban J connectivity index is 2.07. The van der Waals surface area contributed by atoms with Crippen molar-refractivity contribution in [1.82, 2.24) is 0 Å². The SMILES string of the molecule is [CH2]C1CC(c2ccccc2)c2ccccc21. The van der Waals surface area contributed by atoms with Gasteiger partial charge in [0.1, 0.15) is 0 Å². The highest BCUT2D eigenvalue weighted by Crippen LogP contribution is 2.44. The fourth-order valence-electron chi connectivity index (χ4n) is 2.74. The summed E-state index contributed by atoms with van der Waals surface area (Å²) in [7, 11) is 0. The van der Waals surface area contributed by atoms with Crippen LogP contribution in [-0.4, -0.2) is 0 Å². The first-order valence-corrected chi connectivity index (χ1v) is 5.83. The first-order valence-electron chi connectivity index (χ1n) is 5.83. The molecule has 2 aromatic rings. The van der Waals surface area contributed by atoms with Gasteiger partial charge in [0.25, 0.3) is 0 Å². The third kappa shape index (κ3) is 1.46. The number of hydrogen-bond acceptors (Lipinski definition) is 0. The van der Waals surface area contributed by atoms with Gasteiger partial charge in [-0.25, -0.2) is 0 Å². The minimum absolute atomic E-state index is 0.446. The van der Waals surface area contributed by atoms with Gasteiger partial charge in [-0.15, -0.1) is 0 Å². The lowest BCUT2D eigenvalue weighted by molar-refractivity contribution is 0.729. The van der Waals surface area contributed by atoms with Gasteiger partial charge in [0.05, 0.1) is 0 Å². The molecule has 1 aliphatic rings. The summed E-state index contributed by atoms with van der Waals surface area (Å²) in [5, 5.41) is 0. The van der Waals surface area contributed by atoms with Crippen LogP contribution in [0.25, 0.3) is 0 Å². The summed E-state index contributed by atoms with van der Waals surface area (Å²) < 4.78 is 0. The van der Waals surface area contributed by atoms with Gasteiger partial charge in [0.15, 0.2) is 0 Å². The van der Waals surface area contributed by atoms with E-state index >= 15 is 0 Å². The monoisotopic (exact) mass is 207 g/mol. The van der Waals surface area contributed by atoms with Gasteiger partial charge >= 0.3 is 0 Å². The highest BCUT2D eigenvalue weighted by Gasteiger charge is 2.28. The molecular formula is C16H15. The molecule has 0 bridgehead atoms. The molecule has 1 radical (unpaired) electrons. The fourth-order valence-corrected chi connectivity index (χ4v) is 2.74. The van der Waals surface area contributed by atoms with Crippen LogP contribution in [0.3, 0.4) is 0 Å². The maximum Gasteiger partial charge on any atom is 0.00979 e. The molecule has 0 N–H and O–H groups in total. The molecule has 3 rings (SSSR count). The molecule has 0 amide bonds. The second kappa shape index (κ2) is 3.79. The predicted molar refractivity (Wildman–Crippen MR) is 67.4 cm³/mol. The Kier molecular flexibility index (Phi) is 2.28. The molecule has 0 heteroatoms. The third-order valence-electron chi connectivity index (χ3n) is 3.53. The van der Waals surface area contributed by atoms with Gasteiger partial charge in [0, 0.05) is 5.92 Å². The smallest absolute Gasteiger partial charge is 0.00979 e. The van der Waals surface area contributed by atoms with Crippen molar-refractivity contribution in [2.75, 3.05) is 0 Å². The minimum atomic E-state index is 0.446. The highest BCUT2D eigenvalue weighted by atomic mass is 14.3. The second-order valence-electron chi connectivity index (χ2n) is 4.52. The molecule has 0 heterocycles. The zero-order valence-electron chi connectivity index (χ0n) is 9.27. The van der Waals surface area contributed by atoms with Crippen molar-refractivity contribution in [3.8, 4) is 0 Å². The topological polar surface area (TPSA) is 0 Å². The zero-order valence-corrected chi connectivity index (χ0v) is 9.27. The minimum Gasteiger partial charge on any atom is -0.0622 e. The Morgan fingerprint density at radius 1 is 0.812 bits per heavy atom. The van der Waals surface area contributed by atoms with E-state index < -0.39 is 0 Å². The van der Waals surface area contributed by atoms with Crippen molar-refractivity contribution in [1.29, 1.82) is 0 Å². The molecule has 0 spiro atoms. The predicted octanol–water partition coefficient (Wildman–Crippen LogP) is 4.14. The molecular weight excluding hydrogens is 192 g/mol. The van der Waals surface area contributed by atoms with Gasteiger partial charge < -0.3 is 0 Å². The number of rotatable bonds is 1. The lowest BCUT2D eigenvalue weighted by Gasteiger charge is -2.11. The van der Waals surface area contributed by atoms with Gasteiger partial charge in [-0.05, 0) is 36.0 Å². The van der Waals surface area contributed by atoms with Crippen molar-refractivity contribution < 1.29 is 0 Å². The molecule has 79 valence electrons. The van der Waals surface area contributed by atoms with E-state index in [4.69, 9.17) is 0 Å². The summed E-state index contributed by atoms with van der Waals surface area (Å²) in [6, 6.07) is 19.5. The van der Waals surface area contributed by atoms with Gasteiger partial charge in [-0.2, -0.15) is 0 Å². The van der Waals surface area contributed by atoms with Gasteiger partial charge in [-0.3, -0.25) is 0 Å². The summed E-state index contributed by atoms with van der Waals surface area (Å²) in [6.45, 7) is 4.25. The Morgan fingerprint density at radius 3 is 2.19 bits per heavy atom. The number of hydrogen-bond donors (Lipinski definition) is 0. The maximum atomic E-state index is 4.25. The van der Waals surface area contributed by atoms with E-state index in [-0.39, 0.29) is 0 Å². The van der Waals surface area contributed by atoms with E-state index in [1.54, 1.807) is 0 Å². The second-order valence-corrected chi connectivity index (χ2v) is 4.52. The molecule has 16 heavy (non-hydrogen) atoms. The normalized spacial score (nSPS) is 23.1. The van der Waals surface area contributed by atoms with Crippen LogP contribution in [0, 0.1) is 6.92 Å². The summed E-state index contributed by atoms with van der Waals surface area (Å²) in [5.74, 6) is 0.987. The Hall–Kier alpha value is -1.56. The van der Waals surface area contributed by atoms with Crippen molar-refractivity contribution in [3.05, 3.63) is 78.2 Å².